The summed E-state index contributed by atoms with van der Waals surface area (Å²) in [6, 6.07) is 4.20. The van der Waals surface area contributed by atoms with Crippen LogP contribution in [0.5, 0.6) is 0 Å². The Bertz CT molecular complexity index is 456. The first kappa shape index (κ1) is 13.8. The minimum absolute atomic E-state index is 0.733. The zero-order valence-electron chi connectivity index (χ0n) is 11.8. The van der Waals surface area contributed by atoms with Crippen LogP contribution in [-0.2, 0) is 0 Å². The molecule has 1 aliphatic heterocycles. The molecule has 19 heavy (non-hydrogen) atoms. The maximum atomic E-state index is 9.27. The molecule has 1 aromatic heterocycles. The van der Waals surface area contributed by atoms with Crippen molar-refractivity contribution < 1.29 is 0 Å². The summed E-state index contributed by atoms with van der Waals surface area (Å²) in [5.74, 6) is 1.67. The number of nitrogens with zero attached hydrogens (tertiary/aromatic N) is 3. The molecular formula is C15H22N4. The molecule has 0 spiro atoms. The number of anilines is 1. The highest BCUT2D eigenvalue weighted by atomic mass is 15.2. The molecule has 102 valence electrons. The molecule has 1 aromatic rings. The van der Waals surface area contributed by atoms with Crippen LogP contribution in [-0.4, -0.2) is 31.7 Å². The van der Waals surface area contributed by atoms with Crippen molar-refractivity contribution in [3.63, 3.8) is 0 Å². The van der Waals surface area contributed by atoms with Gasteiger partial charge in [-0.25, -0.2) is 4.98 Å². The lowest BCUT2D eigenvalue weighted by Crippen LogP contribution is -2.35. The van der Waals surface area contributed by atoms with Crippen LogP contribution in [0.25, 0.3) is 0 Å². The first-order valence-corrected chi connectivity index (χ1v) is 7.01. The molecule has 4 nitrogen and oxygen atoms in total. The van der Waals surface area contributed by atoms with Gasteiger partial charge in [-0.3, -0.25) is 0 Å². The Morgan fingerprint density at radius 1 is 1.47 bits per heavy atom. The number of aryl methyl sites for hydroxylation is 1. The predicted octanol–water partition coefficient (Wildman–Crippen LogP) is 2.09. The second-order valence-corrected chi connectivity index (χ2v) is 5.26. The standard InChI is InChI=1S/C15H22N4/c1-12-3-8-18-15(14(12)11-16)19-9-5-13(6-10-19)4-7-17-2/h3,8,13,17H,4-7,9-10H2,1-2H3. The fourth-order valence-electron chi connectivity index (χ4n) is 2.70. The van der Waals surface area contributed by atoms with Crippen molar-refractivity contribution in [2.75, 3.05) is 31.6 Å². The third-order valence-corrected chi connectivity index (χ3v) is 3.97. The summed E-state index contributed by atoms with van der Waals surface area (Å²) in [5, 5.41) is 12.5. The van der Waals surface area contributed by atoms with Crippen LogP contribution in [0.3, 0.4) is 0 Å². The molecule has 1 fully saturated rings. The second kappa shape index (κ2) is 6.53. The van der Waals surface area contributed by atoms with Gasteiger partial charge in [0.25, 0.3) is 0 Å². The Hall–Kier alpha value is -1.60. The topological polar surface area (TPSA) is 52.0 Å². The third kappa shape index (κ3) is 3.24. The molecule has 0 radical (unpaired) electrons. The summed E-state index contributed by atoms with van der Waals surface area (Å²) in [6.45, 7) is 5.10. The number of rotatable bonds is 4. The van der Waals surface area contributed by atoms with Gasteiger partial charge in [0.1, 0.15) is 11.9 Å². The van der Waals surface area contributed by atoms with E-state index in [-0.39, 0.29) is 0 Å². The summed E-state index contributed by atoms with van der Waals surface area (Å²) in [4.78, 5) is 6.68. The number of piperidine rings is 1. The zero-order valence-corrected chi connectivity index (χ0v) is 11.8. The van der Waals surface area contributed by atoms with Gasteiger partial charge in [-0.05, 0) is 57.3 Å². The van der Waals surface area contributed by atoms with Crippen LogP contribution in [0, 0.1) is 24.2 Å². The van der Waals surface area contributed by atoms with Crippen molar-refractivity contribution in [1.29, 1.82) is 5.26 Å². The third-order valence-electron chi connectivity index (χ3n) is 3.97. The molecule has 2 heterocycles. The molecule has 0 unspecified atom stereocenters. The molecule has 2 rings (SSSR count). The molecule has 0 amide bonds. The van der Waals surface area contributed by atoms with Crippen molar-refractivity contribution in [2.45, 2.75) is 26.2 Å². The van der Waals surface area contributed by atoms with E-state index in [1.54, 1.807) is 6.20 Å². The van der Waals surface area contributed by atoms with Crippen molar-refractivity contribution in [3.8, 4) is 6.07 Å². The van der Waals surface area contributed by atoms with Gasteiger partial charge >= 0.3 is 0 Å². The number of hydrogen-bond donors (Lipinski definition) is 1. The minimum Gasteiger partial charge on any atom is -0.355 e. The Kier molecular flexibility index (Phi) is 4.75. The average molecular weight is 258 g/mol. The van der Waals surface area contributed by atoms with E-state index in [2.05, 4.69) is 21.3 Å². The quantitative estimate of drug-likeness (QED) is 0.898. The number of aromatic nitrogens is 1. The Morgan fingerprint density at radius 2 is 2.21 bits per heavy atom. The summed E-state index contributed by atoms with van der Waals surface area (Å²) in [5.41, 5.74) is 1.75. The van der Waals surface area contributed by atoms with Gasteiger partial charge in [-0.2, -0.15) is 5.26 Å². The molecule has 4 heteroatoms. The minimum atomic E-state index is 0.733. The van der Waals surface area contributed by atoms with Crippen LogP contribution in [0.2, 0.25) is 0 Å². The molecule has 1 aliphatic rings. The lowest BCUT2D eigenvalue weighted by Gasteiger charge is -2.33. The zero-order chi connectivity index (χ0) is 13.7. The van der Waals surface area contributed by atoms with Crippen LogP contribution in [0.15, 0.2) is 12.3 Å². The fraction of sp³-hybridized carbons (Fsp3) is 0.600. The molecular weight excluding hydrogens is 236 g/mol. The van der Waals surface area contributed by atoms with Gasteiger partial charge in [0.05, 0.1) is 5.56 Å². The fourth-order valence-corrected chi connectivity index (χ4v) is 2.70. The maximum Gasteiger partial charge on any atom is 0.146 e. The van der Waals surface area contributed by atoms with E-state index < -0.39 is 0 Å². The molecule has 0 bridgehead atoms. The molecule has 1 saturated heterocycles. The molecule has 1 N–H and O–H groups in total. The average Bonchev–Trinajstić information content (AvgIpc) is 2.45. The summed E-state index contributed by atoms with van der Waals surface area (Å²) >= 11 is 0. The van der Waals surface area contributed by atoms with Gasteiger partial charge in [0, 0.05) is 19.3 Å². The number of nitriles is 1. The highest BCUT2D eigenvalue weighted by molar-refractivity contribution is 5.57. The van der Waals surface area contributed by atoms with Crippen LogP contribution >= 0.6 is 0 Å². The van der Waals surface area contributed by atoms with Gasteiger partial charge in [-0.15, -0.1) is 0 Å². The first-order valence-electron chi connectivity index (χ1n) is 7.01. The van der Waals surface area contributed by atoms with Gasteiger partial charge in [0.2, 0.25) is 0 Å². The first-order chi connectivity index (χ1) is 9.26. The molecule has 0 saturated carbocycles. The number of nitrogens with one attached hydrogen (secondary N) is 1. The molecule has 0 aliphatic carbocycles. The van der Waals surface area contributed by atoms with Gasteiger partial charge < -0.3 is 10.2 Å². The monoisotopic (exact) mass is 258 g/mol. The lowest BCUT2D eigenvalue weighted by atomic mass is 9.93. The van der Waals surface area contributed by atoms with Crippen molar-refractivity contribution in [2.24, 2.45) is 5.92 Å². The predicted molar refractivity (Wildman–Crippen MR) is 77.2 cm³/mol. The highest BCUT2D eigenvalue weighted by Crippen LogP contribution is 2.26. The highest BCUT2D eigenvalue weighted by Gasteiger charge is 2.22. The van der Waals surface area contributed by atoms with E-state index in [0.29, 0.717) is 0 Å². The van der Waals surface area contributed by atoms with E-state index in [0.717, 1.165) is 42.5 Å². The van der Waals surface area contributed by atoms with Crippen molar-refractivity contribution in [1.82, 2.24) is 10.3 Å². The van der Waals surface area contributed by atoms with Crippen LogP contribution in [0.4, 0.5) is 5.82 Å². The lowest BCUT2D eigenvalue weighted by molar-refractivity contribution is 0.377. The van der Waals surface area contributed by atoms with Gasteiger partial charge in [-0.1, -0.05) is 0 Å². The SMILES string of the molecule is CNCCC1CCN(c2nccc(C)c2C#N)CC1. The largest absolute Gasteiger partial charge is 0.355 e. The van der Waals surface area contributed by atoms with Crippen LogP contribution in [0.1, 0.15) is 30.4 Å². The smallest absolute Gasteiger partial charge is 0.146 e. The normalized spacial score (nSPS) is 16.4. The van der Waals surface area contributed by atoms with Crippen molar-refractivity contribution in [3.05, 3.63) is 23.4 Å². The maximum absolute atomic E-state index is 9.27. The summed E-state index contributed by atoms with van der Waals surface area (Å²) in [6.07, 6.45) is 5.44. The molecule has 0 atom stereocenters. The Morgan fingerprint density at radius 3 is 2.84 bits per heavy atom. The Labute approximate surface area is 115 Å². The van der Waals surface area contributed by atoms with E-state index in [9.17, 15) is 5.26 Å². The summed E-state index contributed by atoms with van der Waals surface area (Å²) in [7, 11) is 2.00. The van der Waals surface area contributed by atoms with E-state index in [4.69, 9.17) is 0 Å². The number of hydrogen-bond acceptors (Lipinski definition) is 4. The second-order valence-electron chi connectivity index (χ2n) is 5.26. The molecule has 0 aromatic carbocycles. The van der Waals surface area contributed by atoms with E-state index >= 15 is 0 Å². The number of pyridine rings is 1. The van der Waals surface area contributed by atoms with E-state index in [1.807, 2.05) is 20.0 Å². The summed E-state index contributed by atoms with van der Waals surface area (Å²) < 4.78 is 0. The van der Waals surface area contributed by atoms with Crippen molar-refractivity contribution >= 4 is 5.82 Å². The van der Waals surface area contributed by atoms with E-state index in [1.165, 1.54) is 19.3 Å². The Balaban J connectivity index is 2.02. The van der Waals surface area contributed by atoms with Gasteiger partial charge in [0.15, 0.2) is 0 Å². The van der Waals surface area contributed by atoms with Crippen LogP contribution < -0.4 is 10.2 Å².